The quantitative estimate of drug-likeness (QED) is 0.804. The summed E-state index contributed by atoms with van der Waals surface area (Å²) in [4.78, 5) is 1.15. The van der Waals surface area contributed by atoms with Gasteiger partial charge in [-0.15, -0.1) is 0 Å². The van der Waals surface area contributed by atoms with Gasteiger partial charge in [0.15, 0.2) is 6.17 Å². The molecule has 0 aromatic heterocycles. The number of benzene rings is 1. The lowest BCUT2D eigenvalue weighted by molar-refractivity contribution is -0.140. The Morgan fingerprint density at radius 1 is 1.38 bits per heavy atom. The molecular weight excluding hydrogens is 221 g/mol. The number of nitrogens with zero attached hydrogens (tertiary/aromatic N) is 1. The highest BCUT2D eigenvalue weighted by Crippen LogP contribution is 2.44. The molecule has 1 atom stereocenters. The van der Waals surface area contributed by atoms with Crippen molar-refractivity contribution >= 4 is 11.4 Å². The van der Waals surface area contributed by atoms with Crippen molar-refractivity contribution in [2.75, 3.05) is 24.4 Å². The van der Waals surface area contributed by atoms with Crippen LogP contribution in [0.3, 0.4) is 0 Å². The zero-order chi connectivity index (χ0) is 11.9. The van der Waals surface area contributed by atoms with Crippen molar-refractivity contribution in [2.24, 2.45) is 0 Å². The topological polar surface area (TPSA) is 24.5 Å². The zero-order valence-electron chi connectivity index (χ0n) is 8.80. The first-order chi connectivity index (χ1) is 7.45. The van der Waals surface area contributed by atoms with Crippen molar-refractivity contribution in [3.8, 4) is 5.75 Å². The van der Waals surface area contributed by atoms with Crippen molar-refractivity contribution in [3.63, 3.8) is 0 Å². The fraction of sp³-hybridized carbons (Fsp3) is 0.400. The molecular formula is C10H11F3N2O. The van der Waals surface area contributed by atoms with Gasteiger partial charge in [0.2, 0.25) is 0 Å². The summed E-state index contributed by atoms with van der Waals surface area (Å²) in [5.41, 5.74) is 0.872. The van der Waals surface area contributed by atoms with E-state index in [0.29, 0.717) is 17.1 Å². The molecule has 0 radical (unpaired) electrons. The second-order valence-electron chi connectivity index (χ2n) is 3.55. The Bertz CT molecular complexity index is 406. The van der Waals surface area contributed by atoms with E-state index in [1.54, 1.807) is 18.2 Å². The monoisotopic (exact) mass is 232 g/mol. The van der Waals surface area contributed by atoms with Gasteiger partial charge in [-0.1, -0.05) is 6.07 Å². The van der Waals surface area contributed by atoms with Gasteiger partial charge >= 0.3 is 6.18 Å². The summed E-state index contributed by atoms with van der Waals surface area (Å²) in [6.07, 6.45) is -6.02. The van der Waals surface area contributed by atoms with E-state index in [1.165, 1.54) is 14.2 Å². The van der Waals surface area contributed by atoms with Crippen LogP contribution in [0.5, 0.6) is 5.75 Å². The molecule has 16 heavy (non-hydrogen) atoms. The Kier molecular flexibility index (Phi) is 2.36. The van der Waals surface area contributed by atoms with Gasteiger partial charge in [-0.2, -0.15) is 13.2 Å². The molecule has 1 aliphatic rings. The van der Waals surface area contributed by atoms with E-state index < -0.39 is 12.3 Å². The summed E-state index contributed by atoms with van der Waals surface area (Å²) in [5.74, 6) is 0.413. The lowest BCUT2D eigenvalue weighted by Crippen LogP contribution is -2.45. The third kappa shape index (κ3) is 1.54. The minimum Gasteiger partial charge on any atom is -0.495 e. The van der Waals surface area contributed by atoms with Gasteiger partial charge in [-0.25, -0.2) is 0 Å². The third-order valence-electron chi connectivity index (χ3n) is 2.58. The third-order valence-corrected chi connectivity index (χ3v) is 2.58. The molecule has 2 rings (SSSR count). The fourth-order valence-electron chi connectivity index (χ4n) is 1.80. The van der Waals surface area contributed by atoms with Gasteiger partial charge in [0.05, 0.1) is 12.8 Å². The molecule has 6 heteroatoms. The maximum absolute atomic E-state index is 12.7. The van der Waals surface area contributed by atoms with E-state index in [1.807, 2.05) is 0 Å². The second-order valence-corrected chi connectivity index (χ2v) is 3.55. The number of rotatable bonds is 1. The van der Waals surface area contributed by atoms with Gasteiger partial charge in [-0.05, 0) is 12.1 Å². The van der Waals surface area contributed by atoms with Crippen LogP contribution in [-0.4, -0.2) is 26.5 Å². The number of anilines is 2. The number of ether oxygens (including phenoxy) is 1. The van der Waals surface area contributed by atoms with Crippen LogP contribution in [0.4, 0.5) is 24.5 Å². The molecule has 88 valence electrons. The standard InChI is InChI=1S/C10H11F3N2O/c1-15-6-4-3-5-7(16-2)8(6)14-9(15)10(11,12)13/h3-5,9,14H,1-2H3. The fourth-order valence-corrected chi connectivity index (χ4v) is 1.80. The van der Waals surface area contributed by atoms with Gasteiger partial charge < -0.3 is 15.0 Å². The van der Waals surface area contributed by atoms with E-state index in [0.717, 1.165) is 4.90 Å². The van der Waals surface area contributed by atoms with E-state index in [-0.39, 0.29) is 0 Å². The Labute approximate surface area is 90.8 Å². The Morgan fingerprint density at radius 2 is 2.06 bits per heavy atom. The number of nitrogens with one attached hydrogen (secondary N) is 1. The smallest absolute Gasteiger partial charge is 0.427 e. The SMILES string of the molecule is COc1cccc2c1NC(C(F)(F)F)N2C. The predicted molar refractivity (Wildman–Crippen MR) is 54.9 cm³/mol. The summed E-state index contributed by atoms with van der Waals surface area (Å²) < 4.78 is 43.0. The predicted octanol–water partition coefficient (Wildman–Crippen LogP) is 2.45. The Hall–Kier alpha value is -1.59. The van der Waals surface area contributed by atoms with Crippen LogP contribution in [0.2, 0.25) is 0 Å². The largest absolute Gasteiger partial charge is 0.495 e. The van der Waals surface area contributed by atoms with Crippen molar-refractivity contribution in [1.29, 1.82) is 0 Å². The first kappa shape index (κ1) is 10.9. The van der Waals surface area contributed by atoms with Crippen molar-refractivity contribution in [3.05, 3.63) is 18.2 Å². The molecule has 1 aromatic rings. The molecule has 0 spiro atoms. The van der Waals surface area contributed by atoms with Crippen LogP contribution in [0.15, 0.2) is 18.2 Å². The van der Waals surface area contributed by atoms with Gasteiger partial charge in [-0.3, -0.25) is 0 Å². The minimum absolute atomic E-state index is 0.384. The lowest BCUT2D eigenvalue weighted by Gasteiger charge is -2.24. The van der Waals surface area contributed by atoms with Crippen LogP contribution >= 0.6 is 0 Å². The zero-order valence-corrected chi connectivity index (χ0v) is 8.80. The number of hydrogen-bond acceptors (Lipinski definition) is 3. The number of fused-ring (bicyclic) bond motifs is 1. The molecule has 0 saturated carbocycles. The van der Waals surface area contributed by atoms with Gasteiger partial charge in [0, 0.05) is 7.05 Å². The number of hydrogen-bond donors (Lipinski definition) is 1. The molecule has 0 bridgehead atoms. The van der Waals surface area contributed by atoms with Gasteiger partial charge in [0.1, 0.15) is 11.4 Å². The maximum atomic E-state index is 12.7. The van der Waals surface area contributed by atoms with E-state index in [2.05, 4.69) is 5.32 Å². The van der Waals surface area contributed by atoms with E-state index >= 15 is 0 Å². The summed E-state index contributed by atoms with van der Waals surface area (Å²) in [6, 6.07) is 4.91. The highest BCUT2D eigenvalue weighted by molar-refractivity contribution is 5.81. The van der Waals surface area contributed by atoms with Crippen LogP contribution in [0.1, 0.15) is 0 Å². The van der Waals surface area contributed by atoms with Crippen LogP contribution in [-0.2, 0) is 0 Å². The molecule has 0 amide bonds. The molecule has 1 unspecified atom stereocenters. The number of alkyl halides is 3. The first-order valence-corrected chi connectivity index (χ1v) is 4.68. The van der Waals surface area contributed by atoms with Crippen molar-refractivity contribution in [2.45, 2.75) is 12.3 Å². The second kappa shape index (κ2) is 3.47. The van der Waals surface area contributed by atoms with E-state index in [9.17, 15) is 13.2 Å². The molecule has 1 heterocycles. The van der Waals surface area contributed by atoms with Crippen molar-refractivity contribution < 1.29 is 17.9 Å². The number of halogens is 3. The molecule has 0 saturated heterocycles. The average Bonchev–Trinajstić information content (AvgIpc) is 2.56. The van der Waals surface area contributed by atoms with Crippen LogP contribution < -0.4 is 15.0 Å². The molecule has 3 nitrogen and oxygen atoms in total. The lowest BCUT2D eigenvalue weighted by atomic mass is 10.2. The molecule has 1 N–H and O–H groups in total. The summed E-state index contributed by atoms with van der Waals surface area (Å²) >= 11 is 0. The highest BCUT2D eigenvalue weighted by Gasteiger charge is 2.47. The normalized spacial score (nSPS) is 19.3. The van der Waals surface area contributed by atoms with Crippen LogP contribution in [0, 0.1) is 0 Å². The number of methoxy groups -OCH3 is 1. The highest BCUT2D eigenvalue weighted by atomic mass is 19.4. The van der Waals surface area contributed by atoms with Crippen molar-refractivity contribution in [1.82, 2.24) is 0 Å². The van der Waals surface area contributed by atoms with E-state index in [4.69, 9.17) is 4.74 Å². The Balaban J connectivity index is 2.41. The van der Waals surface area contributed by atoms with Gasteiger partial charge in [0.25, 0.3) is 0 Å². The summed E-state index contributed by atoms with van der Waals surface area (Å²) in [7, 11) is 2.83. The Morgan fingerprint density at radius 3 is 2.62 bits per heavy atom. The number of para-hydroxylation sites is 1. The summed E-state index contributed by atoms with van der Waals surface area (Å²) in [6.45, 7) is 0. The molecule has 1 aliphatic heterocycles. The maximum Gasteiger partial charge on any atom is 0.427 e. The molecule has 0 aliphatic carbocycles. The van der Waals surface area contributed by atoms with Crippen LogP contribution in [0.25, 0.3) is 0 Å². The average molecular weight is 232 g/mol. The summed E-state index contributed by atoms with van der Waals surface area (Å²) in [5, 5.41) is 2.42. The molecule has 1 aromatic carbocycles. The minimum atomic E-state index is -4.32. The first-order valence-electron chi connectivity index (χ1n) is 4.68. The molecule has 0 fully saturated rings.